The standard InChI is InChI=1S/C39H23F3/c40-39(41,42)27-20-18-24(19-21-27)28-22-23-33-36-29(28)16-9-17-32(36)37-34(25-10-3-1-4-11-25)30-14-7-8-15-31(30)35(38(33)37)26-12-5-2-6-13-26/h1-23H. The lowest BCUT2D eigenvalue weighted by Crippen LogP contribution is -2.04. The van der Waals surface area contributed by atoms with Crippen molar-refractivity contribution in [3.8, 4) is 55.6 Å². The second kappa shape index (κ2) is 9.19. The average Bonchev–Trinajstić information content (AvgIpc) is 3.35. The number of hydrogen-bond donors (Lipinski definition) is 0. The second-order valence-corrected chi connectivity index (χ2v) is 10.7. The zero-order chi connectivity index (χ0) is 28.4. The lowest BCUT2D eigenvalue weighted by molar-refractivity contribution is -0.137. The summed E-state index contributed by atoms with van der Waals surface area (Å²) in [5, 5.41) is 4.54. The Bertz CT molecular complexity index is 2050. The molecule has 0 radical (unpaired) electrons. The third-order valence-corrected chi connectivity index (χ3v) is 8.44. The van der Waals surface area contributed by atoms with E-state index in [0.29, 0.717) is 0 Å². The van der Waals surface area contributed by atoms with Crippen LogP contribution in [0.1, 0.15) is 5.56 Å². The Kier molecular flexibility index (Phi) is 5.39. The molecule has 0 aromatic heterocycles. The fourth-order valence-electron chi connectivity index (χ4n) is 6.70. The zero-order valence-corrected chi connectivity index (χ0v) is 22.4. The van der Waals surface area contributed by atoms with Crippen molar-refractivity contribution in [3.05, 3.63) is 145 Å². The van der Waals surface area contributed by atoms with Gasteiger partial charge in [-0.1, -0.05) is 127 Å². The number of rotatable bonds is 3. The van der Waals surface area contributed by atoms with Gasteiger partial charge in [-0.2, -0.15) is 13.2 Å². The van der Waals surface area contributed by atoms with Crippen LogP contribution in [0.5, 0.6) is 0 Å². The Hall–Kier alpha value is -5.15. The zero-order valence-electron chi connectivity index (χ0n) is 22.4. The third kappa shape index (κ3) is 3.63. The Labute approximate surface area is 241 Å². The summed E-state index contributed by atoms with van der Waals surface area (Å²) in [5.41, 5.74) is 10.4. The summed E-state index contributed by atoms with van der Waals surface area (Å²) in [6, 6.07) is 45.7. The molecule has 7 aromatic rings. The first-order chi connectivity index (χ1) is 20.5. The van der Waals surface area contributed by atoms with Crippen LogP contribution in [-0.4, -0.2) is 0 Å². The van der Waals surface area contributed by atoms with Gasteiger partial charge in [-0.25, -0.2) is 0 Å². The molecule has 1 aliphatic carbocycles. The molecule has 0 amide bonds. The van der Waals surface area contributed by atoms with E-state index < -0.39 is 11.7 Å². The van der Waals surface area contributed by atoms with Gasteiger partial charge in [0.1, 0.15) is 0 Å². The molecular weight excluding hydrogens is 525 g/mol. The van der Waals surface area contributed by atoms with Crippen LogP contribution in [0.25, 0.3) is 77.2 Å². The molecule has 0 saturated carbocycles. The quantitative estimate of drug-likeness (QED) is 0.206. The van der Waals surface area contributed by atoms with Crippen molar-refractivity contribution in [2.24, 2.45) is 0 Å². The van der Waals surface area contributed by atoms with Gasteiger partial charge in [-0.05, 0) is 89.3 Å². The predicted molar refractivity (Wildman–Crippen MR) is 167 cm³/mol. The maximum Gasteiger partial charge on any atom is 0.416 e. The Morgan fingerprint density at radius 3 is 1.36 bits per heavy atom. The predicted octanol–water partition coefficient (Wildman–Crippen LogP) is 11.7. The average molecular weight is 549 g/mol. The van der Waals surface area contributed by atoms with Crippen molar-refractivity contribution in [1.29, 1.82) is 0 Å². The molecule has 0 atom stereocenters. The molecule has 0 fully saturated rings. The first kappa shape index (κ1) is 24.6. The Balaban J connectivity index is 1.50. The van der Waals surface area contributed by atoms with Gasteiger partial charge in [0.2, 0.25) is 0 Å². The molecule has 0 spiro atoms. The minimum absolute atomic E-state index is 0.642. The van der Waals surface area contributed by atoms with Crippen molar-refractivity contribution in [3.63, 3.8) is 0 Å². The lowest BCUT2D eigenvalue weighted by Gasteiger charge is -2.20. The van der Waals surface area contributed by atoms with Gasteiger partial charge in [0.05, 0.1) is 5.56 Å². The van der Waals surface area contributed by atoms with Crippen molar-refractivity contribution in [1.82, 2.24) is 0 Å². The van der Waals surface area contributed by atoms with Gasteiger partial charge in [-0.15, -0.1) is 0 Å². The van der Waals surface area contributed by atoms with Gasteiger partial charge >= 0.3 is 6.18 Å². The summed E-state index contributed by atoms with van der Waals surface area (Å²) < 4.78 is 39.9. The molecule has 0 heterocycles. The molecule has 0 saturated heterocycles. The van der Waals surface area contributed by atoms with Crippen LogP contribution in [0.15, 0.2) is 140 Å². The molecule has 0 bridgehead atoms. The first-order valence-corrected chi connectivity index (χ1v) is 13.9. The SMILES string of the molecule is FC(F)(F)c1ccc(-c2ccc3c4c(cccc24)-c2c-3c(-c3ccccc3)c3ccccc3c2-c2ccccc2)cc1. The largest absolute Gasteiger partial charge is 0.416 e. The first-order valence-electron chi connectivity index (χ1n) is 13.9. The fraction of sp³-hybridized carbons (Fsp3) is 0.0256. The highest BCUT2D eigenvalue weighted by Gasteiger charge is 2.32. The molecular formula is C39H23F3. The molecule has 3 heteroatoms. The smallest absolute Gasteiger partial charge is 0.166 e. The molecule has 1 aliphatic rings. The molecule has 7 aromatic carbocycles. The maximum absolute atomic E-state index is 13.3. The lowest BCUT2D eigenvalue weighted by atomic mass is 9.82. The van der Waals surface area contributed by atoms with Gasteiger partial charge in [0, 0.05) is 0 Å². The van der Waals surface area contributed by atoms with E-state index in [1.165, 1.54) is 45.2 Å². The van der Waals surface area contributed by atoms with Crippen LogP contribution >= 0.6 is 0 Å². The fourth-order valence-corrected chi connectivity index (χ4v) is 6.70. The maximum atomic E-state index is 13.3. The number of fused-ring (bicyclic) bond motifs is 4. The molecule has 0 nitrogen and oxygen atoms in total. The van der Waals surface area contributed by atoms with Gasteiger partial charge < -0.3 is 0 Å². The number of alkyl halides is 3. The molecule has 8 rings (SSSR count). The van der Waals surface area contributed by atoms with Crippen molar-refractivity contribution in [2.75, 3.05) is 0 Å². The summed E-state index contributed by atoms with van der Waals surface area (Å²) in [6.45, 7) is 0. The second-order valence-electron chi connectivity index (χ2n) is 10.7. The minimum atomic E-state index is -4.37. The number of halogens is 3. The summed E-state index contributed by atoms with van der Waals surface area (Å²) in [7, 11) is 0. The molecule has 0 aliphatic heterocycles. The molecule has 200 valence electrons. The normalized spacial score (nSPS) is 12.2. The van der Waals surface area contributed by atoms with Crippen LogP contribution in [-0.2, 0) is 6.18 Å². The summed E-state index contributed by atoms with van der Waals surface area (Å²) in [4.78, 5) is 0. The third-order valence-electron chi connectivity index (χ3n) is 8.44. The van der Waals surface area contributed by atoms with Crippen molar-refractivity contribution >= 4 is 21.5 Å². The van der Waals surface area contributed by atoms with Gasteiger partial charge in [-0.3, -0.25) is 0 Å². The van der Waals surface area contributed by atoms with E-state index in [1.54, 1.807) is 12.1 Å². The van der Waals surface area contributed by atoms with E-state index in [2.05, 4.69) is 103 Å². The van der Waals surface area contributed by atoms with Crippen LogP contribution in [0.4, 0.5) is 13.2 Å². The monoisotopic (exact) mass is 548 g/mol. The van der Waals surface area contributed by atoms with E-state index in [-0.39, 0.29) is 0 Å². The minimum Gasteiger partial charge on any atom is -0.166 e. The Morgan fingerprint density at radius 1 is 0.333 bits per heavy atom. The van der Waals surface area contributed by atoms with E-state index in [1.807, 2.05) is 12.1 Å². The Morgan fingerprint density at radius 2 is 0.810 bits per heavy atom. The van der Waals surface area contributed by atoms with Gasteiger partial charge in [0.15, 0.2) is 0 Å². The van der Waals surface area contributed by atoms with Crippen LogP contribution in [0.3, 0.4) is 0 Å². The summed E-state index contributed by atoms with van der Waals surface area (Å²) in [6.07, 6.45) is -4.37. The topological polar surface area (TPSA) is 0 Å². The summed E-state index contributed by atoms with van der Waals surface area (Å²) in [5.74, 6) is 0. The van der Waals surface area contributed by atoms with E-state index in [0.717, 1.165) is 44.2 Å². The van der Waals surface area contributed by atoms with Crippen molar-refractivity contribution in [2.45, 2.75) is 6.18 Å². The number of hydrogen-bond acceptors (Lipinski definition) is 0. The van der Waals surface area contributed by atoms with Crippen LogP contribution in [0.2, 0.25) is 0 Å². The van der Waals surface area contributed by atoms with E-state index in [9.17, 15) is 13.2 Å². The summed E-state index contributed by atoms with van der Waals surface area (Å²) >= 11 is 0. The van der Waals surface area contributed by atoms with Crippen LogP contribution in [0, 0.1) is 0 Å². The number of benzene rings is 7. The molecule has 42 heavy (non-hydrogen) atoms. The van der Waals surface area contributed by atoms with E-state index in [4.69, 9.17) is 0 Å². The van der Waals surface area contributed by atoms with Crippen molar-refractivity contribution < 1.29 is 13.2 Å². The molecule has 0 unspecified atom stereocenters. The molecule has 0 N–H and O–H groups in total. The highest BCUT2D eigenvalue weighted by atomic mass is 19.4. The highest BCUT2D eigenvalue weighted by Crippen LogP contribution is 2.58. The van der Waals surface area contributed by atoms with Crippen LogP contribution < -0.4 is 0 Å². The highest BCUT2D eigenvalue weighted by molar-refractivity contribution is 6.28. The van der Waals surface area contributed by atoms with E-state index >= 15 is 0 Å². The van der Waals surface area contributed by atoms with Gasteiger partial charge in [0.25, 0.3) is 0 Å².